The van der Waals surface area contributed by atoms with E-state index in [4.69, 9.17) is 21.1 Å². The van der Waals surface area contributed by atoms with Crippen molar-refractivity contribution in [2.45, 2.75) is 26.3 Å². The third-order valence-corrected chi connectivity index (χ3v) is 3.41. The summed E-state index contributed by atoms with van der Waals surface area (Å²) < 4.78 is 12.4. The smallest absolute Gasteiger partial charge is 0.137 e. The topological polar surface area (TPSA) is 49.2 Å². The Morgan fingerprint density at radius 3 is 2.50 bits per heavy atom. The number of aryl methyl sites for hydroxylation is 3. The molecule has 20 heavy (non-hydrogen) atoms. The Morgan fingerprint density at radius 2 is 1.90 bits per heavy atom. The van der Waals surface area contributed by atoms with Gasteiger partial charge in [0.15, 0.2) is 0 Å². The molecule has 5 nitrogen and oxygen atoms in total. The first kappa shape index (κ1) is 14.7. The molecular weight excluding hydrogens is 278 g/mol. The van der Waals surface area contributed by atoms with E-state index in [9.17, 15) is 0 Å². The van der Waals surface area contributed by atoms with Crippen molar-refractivity contribution in [3.05, 3.63) is 34.6 Å². The number of methoxy groups -OCH3 is 2. The molecule has 0 N–H and O–H groups in total. The number of ether oxygens (including phenoxy) is 2. The molecule has 0 aliphatic heterocycles. The third kappa shape index (κ3) is 3.22. The van der Waals surface area contributed by atoms with Crippen molar-refractivity contribution in [3.63, 3.8) is 0 Å². The van der Waals surface area contributed by atoms with Gasteiger partial charge in [-0.3, -0.25) is 4.68 Å². The van der Waals surface area contributed by atoms with Crippen molar-refractivity contribution in [1.82, 2.24) is 15.0 Å². The van der Waals surface area contributed by atoms with E-state index in [1.165, 1.54) is 0 Å². The highest BCUT2D eigenvalue weighted by atomic mass is 35.5. The average Bonchev–Trinajstić information content (AvgIpc) is 2.93. The minimum atomic E-state index is 0.546. The van der Waals surface area contributed by atoms with E-state index < -0.39 is 0 Å². The maximum atomic E-state index is 6.09. The largest absolute Gasteiger partial charge is 0.496 e. The summed E-state index contributed by atoms with van der Waals surface area (Å²) >= 11 is 6.09. The fourth-order valence-corrected chi connectivity index (χ4v) is 2.22. The monoisotopic (exact) mass is 295 g/mol. The van der Waals surface area contributed by atoms with Crippen LogP contribution in [0.3, 0.4) is 0 Å². The Kier molecular flexibility index (Phi) is 4.84. The number of aromatic nitrogens is 3. The first-order valence-electron chi connectivity index (χ1n) is 6.47. The van der Waals surface area contributed by atoms with Crippen molar-refractivity contribution in [2.24, 2.45) is 0 Å². The second kappa shape index (κ2) is 6.61. The molecule has 108 valence electrons. The Bertz CT molecular complexity index is 584. The van der Waals surface area contributed by atoms with Gasteiger partial charge in [0.25, 0.3) is 0 Å². The summed E-state index contributed by atoms with van der Waals surface area (Å²) in [6, 6.07) is 3.68. The molecule has 2 rings (SSSR count). The molecule has 0 atom stereocenters. The van der Waals surface area contributed by atoms with Crippen LogP contribution in [0.1, 0.15) is 18.2 Å². The number of rotatable bonds is 6. The predicted molar refractivity (Wildman–Crippen MR) is 77.7 cm³/mol. The zero-order valence-electron chi connectivity index (χ0n) is 11.9. The highest BCUT2D eigenvalue weighted by molar-refractivity contribution is 6.32. The van der Waals surface area contributed by atoms with Crippen LogP contribution >= 0.6 is 11.6 Å². The lowest BCUT2D eigenvalue weighted by atomic mass is 10.1. The fourth-order valence-electron chi connectivity index (χ4n) is 1.99. The zero-order valence-corrected chi connectivity index (χ0v) is 12.6. The molecule has 0 aliphatic rings. The van der Waals surface area contributed by atoms with Crippen LogP contribution in [0.2, 0.25) is 5.02 Å². The van der Waals surface area contributed by atoms with Gasteiger partial charge in [0, 0.05) is 18.8 Å². The standard InChI is InChI=1S/C14H18ClN3O2/c1-4-18-9-11(16-17-18)6-5-10-7-14(20-3)12(15)8-13(10)19-2/h7-9H,4-6H2,1-3H3. The molecule has 1 aromatic heterocycles. The van der Waals surface area contributed by atoms with E-state index >= 15 is 0 Å². The molecule has 0 radical (unpaired) electrons. The summed E-state index contributed by atoms with van der Waals surface area (Å²) in [6.07, 6.45) is 3.54. The molecule has 0 unspecified atom stereocenters. The Labute approximate surface area is 123 Å². The van der Waals surface area contributed by atoms with Crippen molar-refractivity contribution in [2.75, 3.05) is 14.2 Å². The van der Waals surface area contributed by atoms with Crippen molar-refractivity contribution < 1.29 is 9.47 Å². The number of hydrogen-bond acceptors (Lipinski definition) is 4. The molecule has 0 aliphatic carbocycles. The van der Waals surface area contributed by atoms with E-state index in [2.05, 4.69) is 10.3 Å². The van der Waals surface area contributed by atoms with Gasteiger partial charge in [-0.15, -0.1) is 5.10 Å². The van der Waals surface area contributed by atoms with Crippen LogP contribution in [-0.2, 0) is 19.4 Å². The number of benzene rings is 1. The molecule has 0 saturated heterocycles. The summed E-state index contributed by atoms with van der Waals surface area (Å²) in [4.78, 5) is 0. The van der Waals surface area contributed by atoms with E-state index in [1.54, 1.807) is 20.3 Å². The van der Waals surface area contributed by atoms with Crippen LogP contribution in [-0.4, -0.2) is 29.2 Å². The van der Waals surface area contributed by atoms with Crippen LogP contribution in [0.25, 0.3) is 0 Å². The normalized spacial score (nSPS) is 10.6. The quantitative estimate of drug-likeness (QED) is 0.822. The summed E-state index contributed by atoms with van der Waals surface area (Å²) in [5.74, 6) is 1.42. The molecule has 1 aromatic carbocycles. The average molecular weight is 296 g/mol. The Morgan fingerprint density at radius 1 is 1.15 bits per heavy atom. The molecule has 0 saturated carbocycles. The van der Waals surface area contributed by atoms with Crippen molar-refractivity contribution in [1.29, 1.82) is 0 Å². The first-order chi connectivity index (χ1) is 9.67. The van der Waals surface area contributed by atoms with Crippen LogP contribution in [0, 0.1) is 0 Å². The molecule has 2 aromatic rings. The molecule has 0 spiro atoms. The minimum absolute atomic E-state index is 0.546. The van der Waals surface area contributed by atoms with E-state index in [-0.39, 0.29) is 0 Å². The highest BCUT2D eigenvalue weighted by Gasteiger charge is 2.11. The van der Waals surface area contributed by atoms with Crippen LogP contribution in [0.5, 0.6) is 11.5 Å². The first-order valence-corrected chi connectivity index (χ1v) is 6.85. The molecule has 0 fully saturated rings. The molecular formula is C14H18ClN3O2. The van der Waals surface area contributed by atoms with Gasteiger partial charge in [-0.2, -0.15) is 0 Å². The van der Waals surface area contributed by atoms with Gasteiger partial charge in [0.05, 0.1) is 24.9 Å². The van der Waals surface area contributed by atoms with Gasteiger partial charge in [-0.05, 0) is 31.4 Å². The molecule has 6 heteroatoms. The van der Waals surface area contributed by atoms with Crippen LogP contribution < -0.4 is 9.47 Å². The Hall–Kier alpha value is -1.75. The van der Waals surface area contributed by atoms with Gasteiger partial charge < -0.3 is 9.47 Å². The summed E-state index contributed by atoms with van der Waals surface area (Å²) in [5.41, 5.74) is 2.00. The molecule has 0 amide bonds. The van der Waals surface area contributed by atoms with Gasteiger partial charge in [0.1, 0.15) is 11.5 Å². The summed E-state index contributed by atoms with van der Waals surface area (Å²) in [5, 5.41) is 8.71. The summed E-state index contributed by atoms with van der Waals surface area (Å²) in [6.45, 7) is 2.86. The van der Waals surface area contributed by atoms with Crippen LogP contribution in [0.15, 0.2) is 18.3 Å². The SMILES string of the molecule is CCn1cc(CCc2cc(OC)c(Cl)cc2OC)nn1. The maximum absolute atomic E-state index is 6.09. The fraction of sp³-hybridized carbons (Fsp3) is 0.429. The van der Waals surface area contributed by atoms with Crippen molar-refractivity contribution in [3.8, 4) is 11.5 Å². The molecule has 1 heterocycles. The Balaban J connectivity index is 2.15. The lowest BCUT2D eigenvalue weighted by molar-refractivity contribution is 0.399. The van der Waals surface area contributed by atoms with Gasteiger partial charge >= 0.3 is 0 Å². The maximum Gasteiger partial charge on any atom is 0.137 e. The van der Waals surface area contributed by atoms with E-state index in [0.29, 0.717) is 10.8 Å². The second-order valence-corrected chi connectivity index (χ2v) is 4.77. The summed E-state index contributed by atoms with van der Waals surface area (Å²) in [7, 11) is 3.24. The van der Waals surface area contributed by atoms with Crippen LogP contribution in [0.4, 0.5) is 0 Å². The lowest BCUT2D eigenvalue weighted by Crippen LogP contribution is -1.98. The van der Waals surface area contributed by atoms with E-state index in [0.717, 1.165) is 36.4 Å². The van der Waals surface area contributed by atoms with E-state index in [1.807, 2.05) is 23.9 Å². The highest BCUT2D eigenvalue weighted by Crippen LogP contribution is 2.33. The third-order valence-electron chi connectivity index (χ3n) is 3.12. The van der Waals surface area contributed by atoms with Gasteiger partial charge in [-0.25, -0.2) is 0 Å². The lowest BCUT2D eigenvalue weighted by Gasteiger charge is -2.11. The van der Waals surface area contributed by atoms with Crippen molar-refractivity contribution >= 4 is 11.6 Å². The number of hydrogen-bond donors (Lipinski definition) is 0. The van der Waals surface area contributed by atoms with Gasteiger partial charge in [0.2, 0.25) is 0 Å². The zero-order chi connectivity index (χ0) is 14.5. The second-order valence-electron chi connectivity index (χ2n) is 4.36. The number of halogens is 1. The predicted octanol–water partition coefficient (Wildman–Crippen LogP) is 2.75. The number of nitrogens with zero attached hydrogens (tertiary/aromatic N) is 3. The molecule has 0 bridgehead atoms. The van der Waals surface area contributed by atoms with Gasteiger partial charge in [-0.1, -0.05) is 16.8 Å². The minimum Gasteiger partial charge on any atom is -0.496 e.